The lowest BCUT2D eigenvalue weighted by Gasteiger charge is -2.45. The molecule has 3 saturated carbocycles. The highest BCUT2D eigenvalue weighted by Crippen LogP contribution is 2.64. The number of nitrogens with zero attached hydrogens (tertiary/aromatic N) is 1. The fourth-order valence-electron chi connectivity index (χ4n) is 2.62. The molecule has 0 bridgehead atoms. The maximum atomic E-state index is 6.07. The molecule has 0 N–H and O–H groups in total. The molecule has 1 saturated heterocycles. The average molecular weight is 181 g/mol. The van der Waals surface area contributed by atoms with Crippen molar-refractivity contribution in [1.82, 2.24) is 4.90 Å². The quantitative estimate of drug-likeness (QED) is 0.564. The molecule has 0 radical (unpaired) electrons. The monoisotopic (exact) mass is 181 g/mol. The molecule has 13 heavy (non-hydrogen) atoms. The minimum absolute atomic E-state index is 0.0885. The van der Waals surface area contributed by atoms with Crippen LogP contribution in [0.2, 0.25) is 0 Å². The summed E-state index contributed by atoms with van der Waals surface area (Å²) in [5.74, 6) is -0.139. The van der Waals surface area contributed by atoms with Crippen LogP contribution in [-0.2, 0) is 9.47 Å². The van der Waals surface area contributed by atoms with E-state index in [1.165, 1.54) is 25.7 Å². The van der Waals surface area contributed by atoms with Crippen LogP contribution in [0, 0.1) is 0 Å². The Morgan fingerprint density at radius 3 is 1.62 bits per heavy atom. The Kier molecular flexibility index (Phi) is 0.935. The normalized spacial score (nSPS) is 41.3. The van der Waals surface area contributed by atoms with Gasteiger partial charge in [0.1, 0.15) is 11.4 Å². The van der Waals surface area contributed by atoms with Gasteiger partial charge in [-0.3, -0.25) is 4.90 Å². The van der Waals surface area contributed by atoms with Gasteiger partial charge in [-0.05, 0) is 32.7 Å². The Morgan fingerprint density at radius 1 is 0.846 bits per heavy atom. The predicted molar refractivity (Wildman–Crippen MR) is 45.8 cm³/mol. The summed E-state index contributed by atoms with van der Waals surface area (Å²) in [7, 11) is 2.16. The smallest absolute Gasteiger partial charge is 0.173 e. The molecule has 3 nitrogen and oxygen atoms in total. The lowest BCUT2D eigenvalue weighted by molar-refractivity contribution is -0.356. The van der Waals surface area contributed by atoms with Crippen molar-refractivity contribution in [1.29, 1.82) is 0 Å². The lowest BCUT2D eigenvalue weighted by Crippen LogP contribution is -2.56. The van der Waals surface area contributed by atoms with Crippen molar-refractivity contribution >= 4 is 0 Å². The SMILES string of the molecule is CN1C2(CC2)OC2(CC2)OC12CC2. The Balaban J connectivity index is 1.73. The van der Waals surface area contributed by atoms with Crippen LogP contribution in [-0.4, -0.2) is 29.2 Å². The fourth-order valence-corrected chi connectivity index (χ4v) is 2.62. The first-order valence-electron chi connectivity index (χ1n) is 5.33. The molecule has 0 unspecified atom stereocenters. The van der Waals surface area contributed by atoms with E-state index in [0.717, 1.165) is 12.8 Å². The molecular formula is C10H15NO2. The van der Waals surface area contributed by atoms with Gasteiger partial charge in [0.25, 0.3) is 0 Å². The average Bonchev–Trinajstić information content (AvgIpc) is 2.90. The van der Waals surface area contributed by atoms with E-state index in [1.54, 1.807) is 0 Å². The van der Waals surface area contributed by atoms with Crippen LogP contribution in [0.1, 0.15) is 38.5 Å². The second-order valence-corrected chi connectivity index (χ2v) is 5.07. The molecule has 4 aliphatic rings. The van der Waals surface area contributed by atoms with Crippen LogP contribution in [0.5, 0.6) is 0 Å². The van der Waals surface area contributed by atoms with Crippen molar-refractivity contribution in [3.05, 3.63) is 0 Å². The Labute approximate surface area is 78.0 Å². The predicted octanol–water partition coefficient (Wildman–Crippen LogP) is 1.44. The Morgan fingerprint density at radius 2 is 1.31 bits per heavy atom. The molecule has 4 rings (SSSR count). The molecule has 0 atom stereocenters. The second-order valence-electron chi connectivity index (χ2n) is 5.07. The molecule has 0 aromatic carbocycles. The molecular weight excluding hydrogens is 166 g/mol. The molecule has 72 valence electrons. The van der Waals surface area contributed by atoms with Gasteiger partial charge in [0.15, 0.2) is 5.79 Å². The maximum absolute atomic E-state index is 6.07. The van der Waals surface area contributed by atoms with E-state index >= 15 is 0 Å². The molecule has 4 fully saturated rings. The van der Waals surface area contributed by atoms with Crippen LogP contribution >= 0.6 is 0 Å². The van der Waals surface area contributed by atoms with Crippen molar-refractivity contribution in [3.8, 4) is 0 Å². The molecule has 0 aromatic heterocycles. The van der Waals surface area contributed by atoms with E-state index in [4.69, 9.17) is 9.47 Å². The molecule has 1 aliphatic heterocycles. The highest BCUT2D eigenvalue weighted by Gasteiger charge is 2.72. The topological polar surface area (TPSA) is 21.7 Å². The van der Waals surface area contributed by atoms with Crippen LogP contribution in [0.4, 0.5) is 0 Å². The molecule has 3 aliphatic carbocycles. The third-order valence-corrected chi connectivity index (χ3v) is 3.99. The van der Waals surface area contributed by atoms with Crippen molar-refractivity contribution in [3.63, 3.8) is 0 Å². The molecule has 3 spiro atoms. The van der Waals surface area contributed by atoms with Gasteiger partial charge in [0, 0.05) is 12.8 Å². The third kappa shape index (κ3) is 0.767. The van der Waals surface area contributed by atoms with Gasteiger partial charge in [-0.25, -0.2) is 0 Å². The summed E-state index contributed by atoms with van der Waals surface area (Å²) in [5, 5.41) is 0. The van der Waals surface area contributed by atoms with Crippen LogP contribution < -0.4 is 0 Å². The standard InChI is InChI=1S/C10H15NO2/c1-11-8(2-3-8)12-10(6-7-10)13-9(11)4-5-9/h2-7H2,1H3. The van der Waals surface area contributed by atoms with Crippen molar-refractivity contribution in [2.45, 2.75) is 55.8 Å². The van der Waals surface area contributed by atoms with Crippen molar-refractivity contribution in [2.75, 3.05) is 7.05 Å². The number of hydrogen-bond acceptors (Lipinski definition) is 3. The highest BCUT2D eigenvalue weighted by atomic mass is 16.8. The zero-order valence-corrected chi connectivity index (χ0v) is 8.01. The largest absolute Gasteiger partial charge is 0.329 e. The van der Waals surface area contributed by atoms with Gasteiger partial charge in [-0.15, -0.1) is 0 Å². The number of rotatable bonds is 0. The van der Waals surface area contributed by atoms with Crippen molar-refractivity contribution in [2.24, 2.45) is 0 Å². The van der Waals surface area contributed by atoms with Gasteiger partial charge in [0.05, 0.1) is 0 Å². The van der Waals surface area contributed by atoms with Crippen molar-refractivity contribution < 1.29 is 9.47 Å². The number of hydrogen-bond donors (Lipinski definition) is 0. The zero-order chi connectivity index (χ0) is 8.73. The summed E-state index contributed by atoms with van der Waals surface area (Å²) in [6.45, 7) is 0. The highest BCUT2D eigenvalue weighted by molar-refractivity contribution is 5.12. The van der Waals surface area contributed by atoms with Gasteiger partial charge >= 0.3 is 0 Å². The third-order valence-electron chi connectivity index (χ3n) is 3.99. The first-order chi connectivity index (χ1) is 6.19. The summed E-state index contributed by atoms with van der Waals surface area (Å²) in [4.78, 5) is 2.35. The first-order valence-corrected chi connectivity index (χ1v) is 5.33. The van der Waals surface area contributed by atoms with Gasteiger partial charge in [-0.1, -0.05) is 0 Å². The minimum Gasteiger partial charge on any atom is -0.329 e. The first kappa shape index (κ1) is 7.21. The van der Waals surface area contributed by atoms with E-state index in [-0.39, 0.29) is 17.2 Å². The summed E-state index contributed by atoms with van der Waals surface area (Å²) in [5.41, 5.74) is 0.177. The molecule has 3 heteroatoms. The summed E-state index contributed by atoms with van der Waals surface area (Å²) in [6, 6.07) is 0. The summed E-state index contributed by atoms with van der Waals surface area (Å²) >= 11 is 0. The Hall–Kier alpha value is -0.120. The minimum atomic E-state index is -0.139. The maximum Gasteiger partial charge on any atom is 0.173 e. The Bertz CT molecular complexity index is 253. The molecule has 0 amide bonds. The van der Waals surface area contributed by atoms with Crippen LogP contribution in [0.25, 0.3) is 0 Å². The van der Waals surface area contributed by atoms with Crippen LogP contribution in [0.15, 0.2) is 0 Å². The van der Waals surface area contributed by atoms with Gasteiger partial charge < -0.3 is 9.47 Å². The van der Waals surface area contributed by atoms with Gasteiger partial charge in [-0.2, -0.15) is 0 Å². The summed E-state index contributed by atoms with van der Waals surface area (Å²) < 4.78 is 12.1. The lowest BCUT2D eigenvalue weighted by atomic mass is 10.3. The van der Waals surface area contributed by atoms with E-state index in [2.05, 4.69) is 11.9 Å². The zero-order valence-electron chi connectivity index (χ0n) is 8.01. The van der Waals surface area contributed by atoms with E-state index in [0.29, 0.717) is 0 Å². The summed E-state index contributed by atoms with van der Waals surface area (Å²) in [6.07, 6.45) is 7.05. The van der Waals surface area contributed by atoms with E-state index in [9.17, 15) is 0 Å². The second kappa shape index (κ2) is 1.69. The van der Waals surface area contributed by atoms with Crippen LogP contribution in [0.3, 0.4) is 0 Å². The van der Waals surface area contributed by atoms with E-state index < -0.39 is 0 Å². The number of ether oxygens (including phenoxy) is 2. The molecule has 0 aromatic rings. The van der Waals surface area contributed by atoms with Gasteiger partial charge in [0.2, 0.25) is 0 Å². The molecule has 1 heterocycles. The van der Waals surface area contributed by atoms with E-state index in [1.807, 2.05) is 0 Å². The fraction of sp³-hybridized carbons (Fsp3) is 1.00.